The lowest BCUT2D eigenvalue weighted by Crippen LogP contribution is -2.27. The molecule has 0 saturated heterocycles. The molecule has 0 bridgehead atoms. The maximum Gasteiger partial charge on any atom is 0.346 e. The fraction of sp³-hybridized carbons (Fsp3) is 0.417. The van der Waals surface area contributed by atoms with Crippen molar-refractivity contribution in [1.29, 1.82) is 5.26 Å². The standard InChI is InChI=1S/C12H11NO3S/c1-12(2)3-6-9(7(14)4-12)8(5-13)17-10(6)11(15)16/h3-4H2,1-2H3,(H,15,16). The Kier molecular flexibility index (Phi) is 2.55. The van der Waals surface area contributed by atoms with Gasteiger partial charge in [0, 0.05) is 6.42 Å². The second-order valence-corrected chi connectivity index (χ2v) is 5.99. The van der Waals surface area contributed by atoms with E-state index in [-0.39, 0.29) is 21.0 Å². The summed E-state index contributed by atoms with van der Waals surface area (Å²) in [4.78, 5) is 23.5. The molecule has 4 nitrogen and oxygen atoms in total. The first kappa shape index (κ1) is 11.8. The van der Waals surface area contributed by atoms with Gasteiger partial charge in [0.25, 0.3) is 0 Å². The van der Waals surface area contributed by atoms with Crippen LogP contribution in [0.2, 0.25) is 0 Å². The number of rotatable bonds is 1. The molecular weight excluding hydrogens is 238 g/mol. The Bertz CT molecular complexity index is 563. The molecule has 1 aliphatic rings. The zero-order chi connectivity index (χ0) is 12.8. The topological polar surface area (TPSA) is 78.2 Å². The maximum absolute atomic E-state index is 12.0. The van der Waals surface area contributed by atoms with E-state index in [1.165, 1.54) is 0 Å². The third kappa shape index (κ3) is 1.85. The van der Waals surface area contributed by atoms with Gasteiger partial charge in [0.15, 0.2) is 5.78 Å². The second-order valence-electron chi connectivity index (χ2n) is 4.97. The van der Waals surface area contributed by atoms with Crippen molar-refractivity contribution in [1.82, 2.24) is 0 Å². The molecule has 88 valence electrons. The van der Waals surface area contributed by atoms with E-state index >= 15 is 0 Å². The van der Waals surface area contributed by atoms with Gasteiger partial charge in [-0.3, -0.25) is 4.79 Å². The van der Waals surface area contributed by atoms with Crippen molar-refractivity contribution in [2.24, 2.45) is 5.41 Å². The van der Waals surface area contributed by atoms with Crippen LogP contribution in [0.5, 0.6) is 0 Å². The van der Waals surface area contributed by atoms with Crippen LogP contribution >= 0.6 is 11.3 Å². The quantitative estimate of drug-likeness (QED) is 0.829. The molecule has 0 aliphatic heterocycles. The van der Waals surface area contributed by atoms with E-state index in [9.17, 15) is 9.59 Å². The van der Waals surface area contributed by atoms with Gasteiger partial charge in [0.1, 0.15) is 15.8 Å². The molecule has 0 amide bonds. The average Bonchev–Trinajstić information content (AvgIpc) is 2.54. The monoisotopic (exact) mass is 249 g/mol. The molecule has 0 fully saturated rings. The average molecular weight is 249 g/mol. The zero-order valence-electron chi connectivity index (χ0n) is 9.53. The largest absolute Gasteiger partial charge is 0.477 e. The summed E-state index contributed by atoms with van der Waals surface area (Å²) in [5, 5.41) is 18.0. The van der Waals surface area contributed by atoms with Crippen molar-refractivity contribution in [3.8, 4) is 6.07 Å². The Hall–Kier alpha value is -1.67. The highest BCUT2D eigenvalue weighted by atomic mass is 32.1. The van der Waals surface area contributed by atoms with Gasteiger partial charge in [-0.1, -0.05) is 13.8 Å². The molecular formula is C12H11NO3S. The van der Waals surface area contributed by atoms with Crippen molar-refractivity contribution >= 4 is 23.1 Å². The van der Waals surface area contributed by atoms with Gasteiger partial charge in [-0.25, -0.2) is 4.79 Å². The molecule has 0 saturated carbocycles. The second kappa shape index (κ2) is 3.67. The predicted octanol–water partition coefficient (Wildman–Crippen LogP) is 2.47. The highest BCUT2D eigenvalue weighted by molar-refractivity contribution is 7.15. The van der Waals surface area contributed by atoms with Crippen LogP contribution in [-0.4, -0.2) is 16.9 Å². The number of thiophene rings is 1. The van der Waals surface area contributed by atoms with E-state index in [0.717, 1.165) is 11.3 Å². The number of hydrogen-bond donors (Lipinski definition) is 1. The van der Waals surface area contributed by atoms with Crippen molar-refractivity contribution in [3.63, 3.8) is 0 Å². The van der Waals surface area contributed by atoms with E-state index in [2.05, 4.69) is 0 Å². The molecule has 1 aromatic rings. The van der Waals surface area contributed by atoms with Gasteiger partial charge in [0.2, 0.25) is 0 Å². The Labute approximate surface area is 102 Å². The summed E-state index contributed by atoms with van der Waals surface area (Å²) in [7, 11) is 0. The first-order valence-electron chi connectivity index (χ1n) is 5.18. The third-order valence-electron chi connectivity index (χ3n) is 2.88. The van der Waals surface area contributed by atoms with Crippen molar-refractivity contribution in [2.45, 2.75) is 26.7 Å². The lowest BCUT2D eigenvalue weighted by molar-refractivity contribution is 0.0700. The molecule has 1 N–H and O–H groups in total. The van der Waals surface area contributed by atoms with E-state index < -0.39 is 5.97 Å². The van der Waals surface area contributed by atoms with Crippen LogP contribution in [0, 0.1) is 16.7 Å². The number of carbonyl (C=O) groups excluding carboxylic acids is 1. The molecule has 0 spiro atoms. The lowest BCUT2D eigenvalue weighted by Gasteiger charge is -2.28. The van der Waals surface area contributed by atoms with Crippen molar-refractivity contribution < 1.29 is 14.7 Å². The number of carboxylic acid groups (broad SMARTS) is 1. The Morgan fingerprint density at radius 1 is 1.47 bits per heavy atom. The molecule has 0 aromatic carbocycles. The normalized spacial score (nSPS) is 17.4. The summed E-state index contributed by atoms with van der Waals surface area (Å²) in [6.07, 6.45) is 0.901. The fourth-order valence-corrected chi connectivity index (χ4v) is 3.22. The zero-order valence-corrected chi connectivity index (χ0v) is 10.3. The van der Waals surface area contributed by atoms with Crippen LogP contribution in [0.15, 0.2) is 0 Å². The smallest absolute Gasteiger partial charge is 0.346 e. The Morgan fingerprint density at radius 3 is 2.65 bits per heavy atom. The molecule has 17 heavy (non-hydrogen) atoms. The summed E-state index contributed by atoms with van der Waals surface area (Å²) in [5.41, 5.74) is 0.650. The molecule has 1 aliphatic carbocycles. The summed E-state index contributed by atoms with van der Waals surface area (Å²) in [6, 6.07) is 1.92. The minimum atomic E-state index is -1.06. The van der Waals surface area contributed by atoms with Crippen LogP contribution in [0.1, 0.15) is 50.7 Å². The number of aromatic carboxylic acids is 1. The SMILES string of the molecule is CC1(C)CC(=O)c2c(C#N)sc(C(=O)O)c2C1. The van der Waals surface area contributed by atoms with Gasteiger partial charge in [0.05, 0.1) is 5.56 Å². The van der Waals surface area contributed by atoms with Crippen LogP contribution in [0.25, 0.3) is 0 Å². The number of ketones is 1. The minimum absolute atomic E-state index is 0.114. The first-order chi connectivity index (χ1) is 7.85. The van der Waals surface area contributed by atoms with Crippen LogP contribution < -0.4 is 0 Å². The number of carbonyl (C=O) groups is 2. The molecule has 0 unspecified atom stereocenters. The third-order valence-corrected chi connectivity index (χ3v) is 4.00. The summed E-state index contributed by atoms with van der Waals surface area (Å²) in [5.74, 6) is -1.17. The Balaban J connectivity index is 2.69. The van der Waals surface area contributed by atoms with Gasteiger partial charge in [-0.2, -0.15) is 5.26 Å². The van der Waals surface area contributed by atoms with E-state index in [0.29, 0.717) is 24.0 Å². The van der Waals surface area contributed by atoms with Crippen LogP contribution in [0.4, 0.5) is 0 Å². The van der Waals surface area contributed by atoms with Gasteiger partial charge < -0.3 is 5.11 Å². The number of carboxylic acids is 1. The predicted molar refractivity (Wildman–Crippen MR) is 62.4 cm³/mol. The summed E-state index contributed by atoms with van der Waals surface area (Å²) in [6.45, 7) is 3.87. The van der Waals surface area contributed by atoms with Crippen molar-refractivity contribution in [2.75, 3.05) is 0 Å². The molecule has 0 atom stereocenters. The lowest BCUT2D eigenvalue weighted by atomic mass is 9.74. The number of nitrogens with zero attached hydrogens (tertiary/aromatic N) is 1. The van der Waals surface area contributed by atoms with Gasteiger partial charge >= 0.3 is 5.97 Å². The van der Waals surface area contributed by atoms with Crippen molar-refractivity contribution in [3.05, 3.63) is 20.9 Å². The maximum atomic E-state index is 12.0. The number of hydrogen-bond acceptors (Lipinski definition) is 4. The number of fused-ring (bicyclic) bond motifs is 1. The van der Waals surface area contributed by atoms with Crippen LogP contribution in [-0.2, 0) is 6.42 Å². The first-order valence-corrected chi connectivity index (χ1v) is 5.99. The number of Topliss-reactive ketones (excluding diaryl/α,β-unsaturated/α-hetero) is 1. The minimum Gasteiger partial charge on any atom is -0.477 e. The molecule has 0 radical (unpaired) electrons. The molecule has 5 heteroatoms. The summed E-state index contributed by atoms with van der Waals surface area (Å²) < 4.78 is 0. The van der Waals surface area contributed by atoms with E-state index in [1.807, 2.05) is 19.9 Å². The molecule has 1 heterocycles. The molecule has 1 aromatic heterocycles. The van der Waals surface area contributed by atoms with Gasteiger partial charge in [-0.05, 0) is 17.4 Å². The van der Waals surface area contributed by atoms with Crippen LogP contribution in [0.3, 0.4) is 0 Å². The summed E-state index contributed by atoms with van der Waals surface area (Å²) >= 11 is 0.906. The number of nitriles is 1. The highest BCUT2D eigenvalue weighted by Crippen LogP contribution is 2.41. The fourth-order valence-electron chi connectivity index (χ4n) is 2.24. The highest BCUT2D eigenvalue weighted by Gasteiger charge is 2.37. The van der Waals surface area contributed by atoms with E-state index in [1.54, 1.807) is 0 Å². The van der Waals surface area contributed by atoms with Gasteiger partial charge in [-0.15, -0.1) is 11.3 Å². The van der Waals surface area contributed by atoms with E-state index in [4.69, 9.17) is 10.4 Å². The molecule has 2 rings (SSSR count). The Morgan fingerprint density at radius 2 is 2.12 bits per heavy atom.